The monoisotopic (exact) mass is 257 g/mol. The second-order valence-electron chi connectivity index (χ2n) is 3.70. The van der Waals surface area contributed by atoms with Gasteiger partial charge in [0.2, 0.25) is 0 Å². The molecule has 0 fully saturated rings. The van der Waals surface area contributed by atoms with Crippen LogP contribution < -0.4 is 4.57 Å². The van der Waals surface area contributed by atoms with E-state index < -0.39 is 7.32 Å². The van der Waals surface area contributed by atoms with E-state index in [1.807, 2.05) is 42.7 Å². The van der Waals surface area contributed by atoms with E-state index in [1.54, 1.807) is 0 Å². The maximum absolute atomic E-state index is 8.66. The SMILES string of the molecule is N#Cc1cc[n+](Cc2ccccc2)cc1.OB(O)O. The van der Waals surface area contributed by atoms with Gasteiger partial charge < -0.3 is 15.1 Å². The lowest BCUT2D eigenvalue weighted by Crippen LogP contribution is -2.33. The topological polar surface area (TPSA) is 88.4 Å². The van der Waals surface area contributed by atoms with Crippen LogP contribution in [0.25, 0.3) is 0 Å². The zero-order valence-electron chi connectivity index (χ0n) is 10.2. The Labute approximate surface area is 111 Å². The van der Waals surface area contributed by atoms with E-state index in [1.165, 1.54) is 5.56 Å². The average molecular weight is 257 g/mol. The van der Waals surface area contributed by atoms with Crippen molar-refractivity contribution < 1.29 is 19.6 Å². The quantitative estimate of drug-likeness (QED) is 0.515. The summed E-state index contributed by atoms with van der Waals surface area (Å²) in [5.41, 5.74) is 1.95. The molecule has 3 N–H and O–H groups in total. The average Bonchev–Trinajstić information content (AvgIpc) is 2.40. The van der Waals surface area contributed by atoms with Crippen molar-refractivity contribution in [1.82, 2.24) is 0 Å². The minimum atomic E-state index is -2.17. The number of nitrogens with zero attached hydrogens (tertiary/aromatic N) is 2. The Morgan fingerprint density at radius 3 is 2.00 bits per heavy atom. The molecule has 0 aliphatic heterocycles. The fourth-order valence-electron chi connectivity index (χ4n) is 1.43. The van der Waals surface area contributed by atoms with Gasteiger partial charge in [-0.2, -0.15) is 5.26 Å². The van der Waals surface area contributed by atoms with Crippen LogP contribution in [0.5, 0.6) is 0 Å². The molecule has 0 aliphatic rings. The van der Waals surface area contributed by atoms with Crippen LogP contribution in [0.4, 0.5) is 0 Å². The summed E-state index contributed by atoms with van der Waals surface area (Å²) >= 11 is 0. The van der Waals surface area contributed by atoms with Crippen molar-refractivity contribution in [2.75, 3.05) is 0 Å². The summed E-state index contributed by atoms with van der Waals surface area (Å²) in [6.07, 6.45) is 3.84. The second kappa shape index (κ2) is 8.00. The molecule has 0 spiro atoms. The number of nitriles is 1. The molecule has 5 nitrogen and oxygen atoms in total. The summed E-state index contributed by atoms with van der Waals surface area (Å²) < 4.78 is 2.05. The summed E-state index contributed by atoms with van der Waals surface area (Å²) in [7, 11) is -2.17. The van der Waals surface area contributed by atoms with Crippen LogP contribution in [0, 0.1) is 11.3 Å². The van der Waals surface area contributed by atoms with Crippen LogP contribution in [0.1, 0.15) is 11.1 Å². The maximum atomic E-state index is 8.66. The number of aromatic nitrogens is 1. The van der Waals surface area contributed by atoms with E-state index in [0.717, 1.165) is 6.54 Å². The van der Waals surface area contributed by atoms with E-state index in [2.05, 4.69) is 22.8 Å². The summed E-state index contributed by atoms with van der Waals surface area (Å²) in [4.78, 5) is 0. The highest BCUT2D eigenvalue weighted by atomic mass is 16.5. The van der Waals surface area contributed by atoms with Crippen molar-refractivity contribution in [3.05, 3.63) is 66.0 Å². The fourth-order valence-corrected chi connectivity index (χ4v) is 1.43. The first-order valence-corrected chi connectivity index (χ1v) is 5.59. The zero-order chi connectivity index (χ0) is 14.1. The molecule has 2 rings (SSSR count). The highest BCUT2D eigenvalue weighted by Crippen LogP contribution is 1.98. The molecule has 0 aliphatic carbocycles. The van der Waals surface area contributed by atoms with Crippen molar-refractivity contribution in [1.29, 1.82) is 5.26 Å². The lowest BCUT2D eigenvalue weighted by atomic mass is 10.2. The predicted octanol–water partition coefficient (Wildman–Crippen LogP) is -0.158. The van der Waals surface area contributed by atoms with Gasteiger partial charge in [0.1, 0.15) is 0 Å². The molecule has 1 heterocycles. The van der Waals surface area contributed by atoms with Crippen molar-refractivity contribution in [2.24, 2.45) is 0 Å². The van der Waals surface area contributed by atoms with Crippen LogP contribution in [-0.4, -0.2) is 22.4 Å². The molecule has 6 heteroatoms. The Morgan fingerprint density at radius 2 is 1.53 bits per heavy atom. The van der Waals surface area contributed by atoms with Crippen LogP contribution in [-0.2, 0) is 6.54 Å². The molecule has 96 valence electrons. The van der Waals surface area contributed by atoms with E-state index >= 15 is 0 Å². The Morgan fingerprint density at radius 1 is 1.00 bits per heavy atom. The van der Waals surface area contributed by atoms with Crippen molar-refractivity contribution in [3.8, 4) is 6.07 Å². The first-order chi connectivity index (χ1) is 9.11. The summed E-state index contributed by atoms with van der Waals surface area (Å²) in [5, 5.41) is 30.2. The van der Waals surface area contributed by atoms with Crippen LogP contribution >= 0.6 is 0 Å². The van der Waals surface area contributed by atoms with Gasteiger partial charge in [0, 0.05) is 17.7 Å². The van der Waals surface area contributed by atoms with E-state index in [9.17, 15) is 0 Å². The van der Waals surface area contributed by atoms with Gasteiger partial charge in [-0.15, -0.1) is 0 Å². The molecular formula is C13H14BN2O3+. The summed E-state index contributed by atoms with van der Waals surface area (Å²) in [6.45, 7) is 0.840. The van der Waals surface area contributed by atoms with E-state index in [-0.39, 0.29) is 0 Å². The zero-order valence-corrected chi connectivity index (χ0v) is 10.2. The summed E-state index contributed by atoms with van der Waals surface area (Å²) in [5.74, 6) is 0. The molecule has 0 bridgehead atoms. The summed E-state index contributed by atoms with van der Waals surface area (Å²) in [6, 6.07) is 16.0. The van der Waals surface area contributed by atoms with Crippen molar-refractivity contribution >= 4 is 7.32 Å². The number of rotatable bonds is 2. The predicted molar refractivity (Wildman–Crippen MR) is 69.3 cm³/mol. The van der Waals surface area contributed by atoms with Crippen molar-refractivity contribution in [3.63, 3.8) is 0 Å². The standard InChI is InChI=1S/C13H11N2.BH3O3/c14-10-12-6-8-15(9-7-12)11-13-4-2-1-3-5-13;2-1(3)4/h1-9H,11H2;2-4H/q+1;. The van der Waals surface area contributed by atoms with Gasteiger partial charge in [-0.25, -0.2) is 4.57 Å². The minimum absolute atomic E-state index is 0.694. The largest absolute Gasteiger partial charge is 0.631 e. The smallest absolute Gasteiger partial charge is 0.402 e. The highest BCUT2D eigenvalue weighted by Gasteiger charge is 2.01. The maximum Gasteiger partial charge on any atom is 0.631 e. The van der Waals surface area contributed by atoms with Gasteiger partial charge in [0.25, 0.3) is 0 Å². The highest BCUT2D eigenvalue weighted by molar-refractivity contribution is 6.30. The van der Waals surface area contributed by atoms with Crippen LogP contribution in [0.15, 0.2) is 54.9 Å². The molecule has 1 aromatic carbocycles. The van der Waals surface area contributed by atoms with E-state index in [4.69, 9.17) is 20.3 Å². The number of hydrogen-bond donors (Lipinski definition) is 3. The van der Waals surface area contributed by atoms with Gasteiger partial charge in [0.05, 0.1) is 11.6 Å². The Balaban J connectivity index is 0.000000399. The Hall–Kier alpha value is -2.20. The number of pyridine rings is 1. The van der Waals surface area contributed by atoms with Crippen molar-refractivity contribution in [2.45, 2.75) is 6.54 Å². The lowest BCUT2D eigenvalue weighted by Gasteiger charge is -1.96. The van der Waals surface area contributed by atoms with Gasteiger partial charge in [-0.05, 0) is 0 Å². The molecule has 1 aromatic heterocycles. The molecule has 0 unspecified atom stereocenters. The third-order valence-corrected chi connectivity index (χ3v) is 2.23. The van der Waals surface area contributed by atoms with Gasteiger partial charge in [-0.3, -0.25) is 0 Å². The molecule has 0 radical (unpaired) electrons. The first-order valence-electron chi connectivity index (χ1n) is 5.59. The number of hydrogen-bond acceptors (Lipinski definition) is 4. The van der Waals surface area contributed by atoms with Crippen LogP contribution in [0.2, 0.25) is 0 Å². The second-order valence-corrected chi connectivity index (χ2v) is 3.70. The normalized spacial score (nSPS) is 8.95. The Kier molecular flexibility index (Phi) is 6.26. The Bertz CT molecular complexity index is 521. The number of benzene rings is 1. The molecule has 2 aromatic rings. The molecule has 19 heavy (non-hydrogen) atoms. The van der Waals surface area contributed by atoms with Gasteiger partial charge in [-0.1, -0.05) is 30.3 Å². The van der Waals surface area contributed by atoms with E-state index in [0.29, 0.717) is 5.56 Å². The minimum Gasteiger partial charge on any atom is -0.402 e. The van der Waals surface area contributed by atoms with Crippen LogP contribution in [0.3, 0.4) is 0 Å². The molecule has 0 saturated carbocycles. The molecular weight excluding hydrogens is 243 g/mol. The molecule has 0 saturated heterocycles. The van der Waals surface area contributed by atoms with Gasteiger partial charge >= 0.3 is 7.32 Å². The first kappa shape index (κ1) is 14.9. The third-order valence-electron chi connectivity index (χ3n) is 2.23. The lowest BCUT2D eigenvalue weighted by molar-refractivity contribution is -0.688. The fraction of sp³-hybridized carbons (Fsp3) is 0.0769. The molecule has 0 atom stereocenters. The molecule has 0 amide bonds. The van der Waals surface area contributed by atoms with Gasteiger partial charge in [0.15, 0.2) is 18.9 Å². The third kappa shape index (κ3) is 6.34.